The summed E-state index contributed by atoms with van der Waals surface area (Å²) < 4.78 is 40.7. The third-order valence-electron chi connectivity index (χ3n) is 4.82. The number of benzene rings is 1. The molecule has 1 aromatic carbocycles. The van der Waals surface area contributed by atoms with Crippen molar-refractivity contribution in [1.29, 1.82) is 0 Å². The van der Waals surface area contributed by atoms with E-state index in [0.717, 1.165) is 0 Å². The average Bonchev–Trinajstić information content (AvgIpc) is 3.20. The highest BCUT2D eigenvalue weighted by atomic mass is 32.2. The number of methoxy groups -OCH3 is 1. The van der Waals surface area contributed by atoms with Crippen LogP contribution in [0.4, 0.5) is 0 Å². The molecule has 1 saturated heterocycles. The molecule has 3 rings (SSSR count). The van der Waals surface area contributed by atoms with Gasteiger partial charge in [0.05, 0.1) is 18.1 Å². The van der Waals surface area contributed by atoms with E-state index >= 15 is 0 Å². The van der Waals surface area contributed by atoms with Gasteiger partial charge in [0.25, 0.3) is 5.91 Å². The quantitative estimate of drug-likeness (QED) is 0.625. The predicted octanol–water partition coefficient (Wildman–Crippen LogP) is 2.52. The molecule has 1 amide bonds. The third-order valence-corrected chi connectivity index (χ3v) is 6.99. The zero-order chi connectivity index (χ0) is 20.0. The van der Waals surface area contributed by atoms with Gasteiger partial charge in [-0.3, -0.25) is 4.79 Å². The van der Waals surface area contributed by atoms with Crippen LogP contribution in [0.3, 0.4) is 0 Å². The van der Waals surface area contributed by atoms with Crippen LogP contribution in [-0.4, -0.2) is 57.9 Å². The fraction of sp³-hybridized carbons (Fsp3) is 0.450. The largest absolute Gasteiger partial charge is 0.491 e. The van der Waals surface area contributed by atoms with Gasteiger partial charge in [-0.1, -0.05) is 0 Å². The number of ether oxygens (including phenoxy) is 2. The van der Waals surface area contributed by atoms with Crippen molar-refractivity contribution < 1.29 is 27.1 Å². The number of hydrogen-bond acceptors (Lipinski definition) is 6. The van der Waals surface area contributed by atoms with Gasteiger partial charge in [0.1, 0.15) is 23.9 Å². The minimum Gasteiger partial charge on any atom is -0.491 e. The molecule has 0 spiro atoms. The number of carbonyl (C=O) groups excluding carboxylic acids is 1. The molecule has 0 radical (unpaired) electrons. The first-order valence-corrected chi connectivity index (χ1v) is 11.0. The first kappa shape index (κ1) is 20.4. The van der Waals surface area contributed by atoms with E-state index in [9.17, 15) is 13.2 Å². The van der Waals surface area contributed by atoms with Gasteiger partial charge in [-0.2, -0.15) is 0 Å². The summed E-state index contributed by atoms with van der Waals surface area (Å²) in [6.45, 7) is 1.79. The Balaban J connectivity index is 1.53. The number of rotatable bonds is 8. The van der Waals surface area contributed by atoms with Gasteiger partial charge >= 0.3 is 0 Å². The molecule has 0 atom stereocenters. The lowest BCUT2D eigenvalue weighted by molar-refractivity contribution is 0.0725. The molecule has 0 bridgehead atoms. The molecule has 1 aliphatic rings. The first-order chi connectivity index (χ1) is 13.5. The number of nitrogens with zero attached hydrogens (tertiary/aromatic N) is 1. The Labute approximate surface area is 165 Å². The average molecular weight is 407 g/mol. The van der Waals surface area contributed by atoms with E-state index in [1.807, 2.05) is 0 Å². The Morgan fingerprint density at radius 2 is 1.86 bits per heavy atom. The summed E-state index contributed by atoms with van der Waals surface area (Å²) in [6, 6.07) is 10.3. The number of carbonyl (C=O) groups is 1. The smallest absolute Gasteiger partial charge is 0.253 e. The number of amides is 1. The maximum atomic E-state index is 12.7. The van der Waals surface area contributed by atoms with Crippen LogP contribution in [0.15, 0.2) is 47.1 Å². The Morgan fingerprint density at radius 1 is 1.14 bits per heavy atom. The van der Waals surface area contributed by atoms with Crippen LogP contribution < -0.4 is 4.74 Å². The van der Waals surface area contributed by atoms with Crippen molar-refractivity contribution in [1.82, 2.24) is 4.90 Å². The van der Waals surface area contributed by atoms with E-state index in [1.54, 1.807) is 48.4 Å². The number of hydrogen-bond donors (Lipinski definition) is 0. The van der Waals surface area contributed by atoms with Crippen LogP contribution in [-0.2, 0) is 20.3 Å². The van der Waals surface area contributed by atoms with E-state index in [1.165, 1.54) is 6.26 Å². The number of piperidine rings is 1. The molecular formula is C20H25NO6S. The molecule has 0 N–H and O–H groups in total. The summed E-state index contributed by atoms with van der Waals surface area (Å²) in [5.74, 6) is 0.941. The molecule has 8 heteroatoms. The van der Waals surface area contributed by atoms with Gasteiger partial charge in [0, 0.05) is 25.8 Å². The van der Waals surface area contributed by atoms with Crippen molar-refractivity contribution in [3.05, 3.63) is 54.0 Å². The molecule has 0 aliphatic carbocycles. The summed E-state index contributed by atoms with van der Waals surface area (Å²) in [6.07, 6.45) is 2.35. The summed E-state index contributed by atoms with van der Waals surface area (Å²) in [5, 5.41) is -0.446. The summed E-state index contributed by atoms with van der Waals surface area (Å²) in [4.78, 5) is 14.4. The second-order valence-corrected chi connectivity index (χ2v) is 9.02. The molecule has 0 unspecified atom stereocenters. The SMILES string of the molecule is COCCOc1ccc(C(=O)N2CCC(S(=O)(=O)Cc3ccco3)CC2)cc1. The van der Waals surface area contributed by atoms with Gasteiger partial charge in [-0.25, -0.2) is 8.42 Å². The zero-order valence-electron chi connectivity index (χ0n) is 15.9. The normalized spacial score (nSPS) is 15.5. The number of likely N-dealkylation sites (tertiary alicyclic amines) is 1. The topological polar surface area (TPSA) is 86.0 Å². The zero-order valence-corrected chi connectivity index (χ0v) is 16.7. The van der Waals surface area contributed by atoms with E-state index in [4.69, 9.17) is 13.9 Å². The van der Waals surface area contributed by atoms with Gasteiger partial charge in [-0.15, -0.1) is 0 Å². The molecule has 152 valence electrons. The van der Waals surface area contributed by atoms with Gasteiger partial charge in [-0.05, 0) is 49.2 Å². The summed E-state index contributed by atoms with van der Waals surface area (Å²) in [7, 11) is -1.69. The highest BCUT2D eigenvalue weighted by Gasteiger charge is 2.32. The summed E-state index contributed by atoms with van der Waals surface area (Å²) in [5.41, 5.74) is 0.566. The van der Waals surface area contributed by atoms with Crippen LogP contribution in [0.2, 0.25) is 0 Å². The molecule has 2 heterocycles. The van der Waals surface area contributed by atoms with Crippen molar-refractivity contribution in [2.75, 3.05) is 33.4 Å². The van der Waals surface area contributed by atoms with E-state index < -0.39 is 15.1 Å². The Bertz CT molecular complexity index is 853. The van der Waals surface area contributed by atoms with E-state index in [-0.39, 0.29) is 11.7 Å². The molecule has 1 aliphatic heterocycles. The minimum atomic E-state index is -3.30. The van der Waals surface area contributed by atoms with Crippen LogP contribution in [0.5, 0.6) is 5.75 Å². The second kappa shape index (κ2) is 9.25. The lowest BCUT2D eigenvalue weighted by atomic mass is 10.1. The third kappa shape index (κ3) is 5.14. The van der Waals surface area contributed by atoms with Crippen LogP contribution in [0, 0.1) is 0 Å². The molecule has 0 saturated carbocycles. The minimum absolute atomic E-state index is 0.0923. The molecule has 2 aromatic rings. The predicted molar refractivity (Wildman–Crippen MR) is 104 cm³/mol. The maximum Gasteiger partial charge on any atom is 0.253 e. The highest BCUT2D eigenvalue weighted by molar-refractivity contribution is 7.91. The number of sulfone groups is 1. The van der Waals surface area contributed by atoms with Crippen LogP contribution >= 0.6 is 0 Å². The van der Waals surface area contributed by atoms with Gasteiger partial charge < -0.3 is 18.8 Å². The van der Waals surface area contributed by atoms with Crippen molar-refractivity contribution >= 4 is 15.7 Å². The fourth-order valence-electron chi connectivity index (χ4n) is 3.25. The van der Waals surface area contributed by atoms with Crippen molar-refractivity contribution in [2.24, 2.45) is 0 Å². The van der Waals surface area contributed by atoms with E-state index in [2.05, 4.69) is 0 Å². The Hall–Kier alpha value is -2.32. The van der Waals surface area contributed by atoms with Crippen LogP contribution in [0.25, 0.3) is 0 Å². The van der Waals surface area contributed by atoms with E-state index in [0.29, 0.717) is 56.2 Å². The lowest BCUT2D eigenvalue weighted by Gasteiger charge is -2.31. The monoisotopic (exact) mass is 407 g/mol. The Kier molecular flexibility index (Phi) is 6.74. The Morgan fingerprint density at radius 3 is 2.46 bits per heavy atom. The van der Waals surface area contributed by atoms with Crippen molar-refractivity contribution in [3.8, 4) is 5.75 Å². The lowest BCUT2D eigenvalue weighted by Crippen LogP contribution is -2.42. The van der Waals surface area contributed by atoms with Gasteiger partial charge in [0.2, 0.25) is 0 Å². The highest BCUT2D eigenvalue weighted by Crippen LogP contribution is 2.23. The van der Waals surface area contributed by atoms with Crippen LogP contribution in [0.1, 0.15) is 29.0 Å². The molecule has 7 nitrogen and oxygen atoms in total. The molecule has 1 fully saturated rings. The summed E-state index contributed by atoms with van der Waals surface area (Å²) >= 11 is 0. The molecular weight excluding hydrogens is 382 g/mol. The molecule has 28 heavy (non-hydrogen) atoms. The van der Waals surface area contributed by atoms with Crippen molar-refractivity contribution in [2.45, 2.75) is 23.8 Å². The fourth-order valence-corrected chi connectivity index (χ4v) is 4.97. The van der Waals surface area contributed by atoms with Crippen molar-refractivity contribution in [3.63, 3.8) is 0 Å². The standard InChI is InChI=1S/C20H25NO6S/c1-25-13-14-27-17-6-4-16(5-7-17)20(22)21-10-8-19(9-11-21)28(23,24)15-18-3-2-12-26-18/h2-7,12,19H,8-11,13-15H2,1H3. The number of furan rings is 1. The second-order valence-electron chi connectivity index (χ2n) is 6.74. The first-order valence-electron chi connectivity index (χ1n) is 9.24. The maximum absolute atomic E-state index is 12.7. The van der Waals surface area contributed by atoms with Gasteiger partial charge in [0.15, 0.2) is 9.84 Å². The molecule has 1 aromatic heterocycles.